The SMILES string of the molecule is Cc1cc(C(=O)O)c(F)c(S(=O)(=O)N2C[C@@H](CC(=O)O)c3ccccc32)c1. The van der Waals surface area contributed by atoms with Crippen LogP contribution in [0.2, 0.25) is 0 Å². The lowest BCUT2D eigenvalue weighted by atomic mass is 9.98. The van der Waals surface area contributed by atoms with E-state index in [1.165, 1.54) is 13.0 Å². The van der Waals surface area contributed by atoms with Crippen LogP contribution in [0.3, 0.4) is 0 Å². The number of carboxylic acids is 2. The first kappa shape index (κ1) is 18.8. The van der Waals surface area contributed by atoms with Gasteiger partial charge in [-0.15, -0.1) is 0 Å². The summed E-state index contributed by atoms with van der Waals surface area (Å²) in [6, 6.07) is 8.54. The number of anilines is 1. The summed E-state index contributed by atoms with van der Waals surface area (Å²) in [5.74, 6) is -4.57. The van der Waals surface area contributed by atoms with Crippen molar-refractivity contribution in [2.75, 3.05) is 10.8 Å². The van der Waals surface area contributed by atoms with Crippen molar-refractivity contribution >= 4 is 27.6 Å². The van der Waals surface area contributed by atoms with Crippen LogP contribution >= 0.6 is 0 Å². The van der Waals surface area contributed by atoms with Crippen LogP contribution in [0.5, 0.6) is 0 Å². The van der Waals surface area contributed by atoms with Crippen molar-refractivity contribution in [3.05, 3.63) is 58.9 Å². The Bertz CT molecular complexity index is 1050. The van der Waals surface area contributed by atoms with Gasteiger partial charge >= 0.3 is 11.9 Å². The fourth-order valence-corrected chi connectivity index (χ4v) is 4.98. The van der Waals surface area contributed by atoms with Crippen LogP contribution in [-0.4, -0.2) is 37.1 Å². The summed E-state index contributed by atoms with van der Waals surface area (Å²) < 4.78 is 41.8. The molecule has 0 saturated heterocycles. The number of hydrogen-bond acceptors (Lipinski definition) is 4. The van der Waals surface area contributed by atoms with Gasteiger partial charge < -0.3 is 10.2 Å². The Morgan fingerprint density at radius 2 is 1.89 bits per heavy atom. The van der Waals surface area contributed by atoms with Crippen LogP contribution in [0.15, 0.2) is 41.3 Å². The Balaban J connectivity index is 2.14. The summed E-state index contributed by atoms with van der Waals surface area (Å²) in [6.07, 6.45) is -0.278. The minimum atomic E-state index is -4.43. The molecule has 27 heavy (non-hydrogen) atoms. The molecule has 1 aliphatic rings. The second kappa shape index (κ2) is 6.66. The molecular weight excluding hydrogens is 377 g/mol. The fraction of sp³-hybridized carbons (Fsp3) is 0.222. The standard InChI is InChI=1S/C18H16FNO6S/c1-10-6-13(18(23)24)17(19)15(7-10)27(25,26)20-9-11(8-16(21)22)12-4-2-3-5-14(12)20/h2-7,11H,8-9H2,1H3,(H,21,22)(H,23,24)/t11-/m1/s1. The number of aliphatic carboxylic acids is 1. The molecule has 0 fully saturated rings. The Morgan fingerprint density at radius 1 is 1.22 bits per heavy atom. The summed E-state index contributed by atoms with van der Waals surface area (Å²) >= 11 is 0. The third-order valence-electron chi connectivity index (χ3n) is 4.43. The maximum Gasteiger partial charge on any atom is 0.338 e. The van der Waals surface area contributed by atoms with Crippen LogP contribution < -0.4 is 4.31 Å². The topological polar surface area (TPSA) is 112 Å². The number of halogens is 1. The lowest BCUT2D eigenvalue weighted by molar-refractivity contribution is -0.137. The van der Waals surface area contributed by atoms with E-state index in [1.54, 1.807) is 18.2 Å². The van der Waals surface area contributed by atoms with Crippen molar-refractivity contribution in [1.82, 2.24) is 0 Å². The van der Waals surface area contributed by atoms with Crippen LogP contribution in [0.25, 0.3) is 0 Å². The quantitative estimate of drug-likeness (QED) is 0.808. The molecule has 1 aliphatic heterocycles. The summed E-state index contributed by atoms with van der Waals surface area (Å²) in [6.45, 7) is 1.31. The number of sulfonamides is 1. The van der Waals surface area contributed by atoms with Gasteiger partial charge in [0, 0.05) is 12.5 Å². The number of fused-ring (bicyclic) bond motifs is 1. The molecular formula is C18H16FNO6S. The van der Waals surface area contributed by atoms with Crippen molar-refractivity contribution < 1.29 is 32.6 Å². The third-order valence-corrected chi connectivity index (χ3v) is 6.21. The van der Waals surface area contributed by atoms with Gasteiger partial charge in [-0.2, -0.15) is 0 Å². The van der Waals surface area contributed by atoms with E-state index in [0.29, 0.717) is 5.56 Å². The van der Waals surface area contributed by atoms with Crippen molar-refractivity contribution in [2.24, 2.45) is 0 Å². The molecule has 0 unspecified atom stereocenters. The first-order chi connectivity index (χ1) is 12.6. The number of rotatable bonds is 5. The lowest BCUT2D eigenvalue weighted by Crippen LogP contribution is -2.31. The first-order valence-corrected chi connectivity index (χ1v) is 9.44. The molecule has 7 nitrogen and oxygen atoms in total. The number of benzene rings is 2. The molecule has 2 aromatic carbocycles. The highest BCUT2D eigenvalue weighted by molar-refractivity contribution is 7.92. The number of carbonyl (C=O) groups is 2. The van der Waals surface area contributed by atoms with Crippen LogP contribution in [0.1, 0.15) is 33.8 Å². The number of hydrogen-bond donors (Lipinski definition) is 2. The molecule has 1 atom stereocenters. The average molecular weight is 393 g/mol. The highest BCUT2D eigenvalue weighted by Crippen LogP contribution is 2.41. The molecule has 0 radical (unpaired) electrons. The summed E-state index contributed by atoms with van der Waals surface area (Å²) in [7, 11) is -4.43. The molecule has 0 spiro atoms. The van der Waals surface area contributed by atoms with E-state index in [-0.39, 0.29) is 24.2 Å². The predicted molar refractivity (Wildman–Crippen MR) is 94.1 cm³/mol. The van der Waals surface area contributed by atoms with Gasteiger partial charge in [0.2, 0.25) is 0 Å². The first-order valence-electron chi connectivity index (χ1n) is 8.00. The molecule has 1 heterocycles. The minimum Gasteiger partial charge on any atom is -0.481 e. The fourth-order valence-electron chi connectivity index (χ4n) is 3.27. The normalized spacial score (nSPS) is 16.2. The van der Waals surface area contributed by atoms with Crippen LogP contribution in [-0.2, 0) is 14.8 Å². The smallest absolute Gasteiger partial charge is 0.338 e. The van der Waals surface area contributed by atoms with E-state index in [2.05, 4.69) is 0 Å². The van der Waals surface area contributed by atoms with Gasteiger partial charge in [0.05, 0.1) is 17.7 Å². The molecule has 0 aliphatic carbocycles. The van der Waals surface area contributed by atoms with Gasteiger partial charge in [-0.3, -0.25) is 9.10 Å². The van der Waals surface area contributed by atoms with Crippen molar-refractivity contribution in [3.8, 4) is 0 Å². The number of aromatic carboxylic acids is 1. The molecule has 0 bridgehead atoms. The highest BCUT2D eigenvalue weighted by Gasteiger charge is 2.39. The molecule has 9 heteroatoms. The van der Waals surface area contributed by atoms with Gasteiger partial charge in [-0.1, -0.05) is 18.2 Å². The van der Waals surface area contributed by atoms with Crippen molar-refractivity contribution in [2.45, 2.75) is 24.2 Å². The number of para-hydroxylation sites is 1. The van der Waals surface area contributed by atoms with Crippen LogP contribution in [0, 0.1) is 12.7 Å². The zero-order valence-electron chi connectivity index (χ0n) is 14.2. The zero-order chi connectivity index (χ0) is 19.9. The van der Waals surface area contributed by atoms with Gasteiger partial charge in [0.15, 0.2) is 5.82 Å². The summed E-state index contributed by atoms with van der Waals surface area (Å²) in [4.78, 5) is 21.6. The monoisotopic (exact) mass is 393 g/mol. The minimum absolute atomic E-state index is 0.163. The van der Waals surface area contributed by atoms with Crippen molar-refractivity contribution in [1.29, 1.82) is 0 Å². The maximum atomic E-state index is 14.7. The molecule has 2 aromatic rings. The average Bonchev–Trinajstić information content (AvgIpc) is 2.95. The predicted octanol–water partition coefficient (Wildman–Crippen LogP) is 2.60. The van der Waals surface area contributed by atoms with Crippen LogP contribution in [0.4, 0.5) is 10.1 Å². The summed E-state index contributed by atoms with van der Waals surface area (Å²) in [5, 5.41) is 18.2. The largest absolute Gasteiger partial charge is 0.481 e. The van der Waals surface area contributed by atoms with Crippen molar-refractivity contribution in [3.63, 3.8) is 0 Å². The van der Waals surface area contributed by atoms with Gasteiger partial charge in [-0.25, -0.2) is 17.6 Å². The summed E-state index contributed by atoms with van der Waals surface area (Å²) in [5.41, 5.74) is 0.349. The third kappa shape index (κ3) is 3.25. The second-order valence-corrected chi connectivity index (χ2v) is 8.15. The maximum absolute atomic E-state index is 14.7. The number of nitrogens with zero attached hydrogens (tertiary/aromatic N) is 1. The van der Waals surface area contributed by atoms with E-state index >= 15 is 0 Å². The Labute approximate surface area is 154 Å². The van der Waals surface area contributed by atoms with E-state index < -0.39 is 44.2 Å². The van der Waals surface area contributed by atoms with Gasteiger partial charge in [0.1, 0.15) is 4.90 Å². The number of carboxylic acid groups (broad SMARTS) is 2. The molecule has 3 rings (SSSR count). The van der Waals surface area contributed by atoms with Gasteiger partial charge in [-0.05, 0) is 36.2 Å². The van der Waals surface area contributed by atoms with E-state index in [0.717, 1.165) is 16.4 Å². The van der Waals surface area contributed by atoms with E-state index in [1.807, 2.05) is 0 Å². The molecule has 0 amide bonds. The Hall–Kier alpha value is -2.94. The molecule has 2 N–H and O–H groups in total. The zero-order valence-corrected chi connectivity index (χ0v) is 15.0. The van der Waals surface area contributed by atoms with Gasteiger partial charge in [0.25, 0.3) is 10.0 Å². The lowest BCUT2D eigenvalue weighted by Gasteiger charge is -2.21. The van der Waals surface area contributed by atoms with E-state index in [9.17, 15) is 22.4 Å². The van der Waals surface area contributed by atoms with E-state index in [4.69, 9.17) is 10.2 Å². The molecule has 142 valence electrons. The highest BCUT2D eigenvalue weighted by atomic mass is 32.2. The molecule has 0 saturated carbocycles. The molecule has 0 aromatic heterocycles. The Kier molecular flexibility index (Phi) is 4.64. The number of aryl methyl sites for hydroxylation is 1. The second-order valence-electron chi connectivity index (χ2n) is 6.32. The Morgan fingerprint density at radius 3 is 2.52 bits per heavy atom.